The van der Waals surface area contributed by atoms with E-state index in [-0.39, 0.29) is 12.2 Å². The molecule has 94 valence electrons. The topological polar surface area (TPSA) is 30.5 Å². The van der Waals surface area contributed by atoms with Gasteiger partial charge in [0.15, 0.2) is 0 Å². The molecule has 1 aliphatic carbocycles. The van der Waals surface area contributed by atoms with E-state index in [1.165, 1.54) is 5.56 Å². The maximum absolute atomic E-state index is 5.88. The third-order valence-corrected chi connectivity index (χ3v) is 3.29. The van der Waals surface area contributed by atoms with Gasteiger partial charge in [-0.25, -0.2) is 0 Å². The highest BCUT2D eigenvalue weighted by Gasteiger charge is 2.41. The van der Waals surface area contributed by atoms with Crippen LogP contribution in [-0.2, 0) is 16.1 Å². The Balaban J connectivity index is 1.77. The Hall–Kier alpha value is -0.900. The van der Waals surface area contributed by atoms with Crippen LogP contribution in [0.4, 0.5) is 0 Å². The van der Waals surface area contributed by atoms with E-state index in [0.29, 0.717) is 12.6 Å². The Bertz CT molecular complexity index is 328. The molecule has 0 aliphatic heterocycles. The van der Waals surface area contributed by atoms with Gasteiger partial charge in [-0.1, -0.05) is 37.3 Å². The monoisotopic (exact) mass is 235 g/mol. The number of benzene rings is 1. The molecule has 1 aromatic carbocycles. The molecule has 0 amide bonds. The van der Waals surface area contributed by atoms with Crippen LogP contribution in [0.25, 0.3) is 0 Å². The number of nitrogens with one attached hydrogen (secondary N) is 1. The first-order valence-electron chi connectivity index (χ1n) is 6.27. The van der Waals surface area contributed by atoms with Crippen LogP contribution in [0.1, 0.15) is 18.9 Å². The number of likely N-dealkylation sites (N-methyl/N-ethyl adjacent to an activating group) is 1. The van der Waals surface area contributed by atoms with Gasteiger partial charge in [0.1, 0.15) is 0 Å². The van der Waals surface area contributed by atoms with Crippen LogP contribution in [0.2, 0.25) is 0 Å². The zero-order valence-electron chi connectivity index (χ0n) is 10.6. The van der Waals surface area contributed by atoms with Crippen molar-refractivity contribution < 1.29 is 9.47 Å². The van der Waals surface area contributed by atoms with E-state index in [0.717, 1.165) is 13.0 Å². The van der Waals surface area contributed by atoms with Gasteiger partial charge in [-0.15, -0.1) is 0 Å². The smallest absolute Gasteiger partial charge is 0.0987 e. The third-order valence-electron chi connectivity index (χ3n) is 3.29. The Labute approximate surface area is 103 Å². The molecule has 0 radical (unpaired) electrons. The number of methoxy groups -OCH3 is 1. The van der Waals surface area contributed by atoms with Crippen molar-refractivity contribution in [3.05, 3.63) is 35.9 Å². The molecule has 0 heterocycles. The highest BCUT2D eigenvalue weighted by atomic mass is 16.5. The number of ether oxygens (including phenoxy) is 2. The summed E-state index contributed by atoms with van der Waals surface area (Å²) in [5.41, 5.74) is 1.22. The molecular formula is C14H21NO2. The summed E-state index contributed by atoms with van der Waals surface area (Å²) in [6, 6.07) is 10.7. The van der Waals surface area contributed by atoms with Gasteiger partial charge in [-0.05, 0) is 18.5 Å². The Morgan fingerprint density at radius 3 is 2.71 bits per heavy atom. The zero-order valence-corrected chi connectivity index (χ0v) is 10.6. The summed E-state index contributed by atoms with van der Waals surface area (Å²) in [5.74, 6) is 0. The van der Waals surface area contributed by atoms with Crippen molar-refractivity contribution in [3.63, 3.8) is 0 Å². The van der Waals surface area contributed by atoms with Crippen LogP contribution in [0.5, 0.6) is 0 Å². The van der Waals surface area contributed by atoms with Gasteiger partial charge < -0.3 is 14.8 Å². The maximum Gasteiger partial charge on any atom is 0.0987 e. The molecule has 3 atom stereocenters. The lowest BCUT2D eigenvalue weighted by molar-refractivity contribution is -0.139. The number of hydrogen-bond acceptors (Lipinski definition) is 3. The molecule has 2 rings (SSSR count). The predicted octanol–water partition coefficient (Wildman–Crippen LogP) is 1.97. The van der Waals surface area contributed by atoms with Gasteiger partial charge in [0.25, 0.3) is 0 Å². The van der Waals surface area contributed by atoms with Crippen molar-refractivity contribution in [1.29, 1.82) is 0 Å². The lowest BCUT2D eigenvalue weighted by atomic mass is 9.85. The summed E-state index contributed by atoms with van der Waals surface area (Å²) in [6.45, 7) is 3.77. The summed E-state index contributed by atoms with van der Waals surface area (Å²) in [6.07, 6.45) is 1.46. The minimum atomic E-state index is 0.193. The molecular weight excluding hydrogens is 214 g/mol. The fourth-order valence-corrected chi connectivity index (χ4v) is 2.30. The average Bonchev–Trinajstić information content (AvgIpc) is 2.34. The van der Waals surface area contributed by atoms with Crippen LogP contribution in [0.15, 0.2) is 30.3 Å². The molecule has 0 spiro atoms. The number of rotatable bonds is 6. The molecule has 0 bridgehead atoms. The first kappa shape index (κ1) is 12.6. The second-order valence-corrected chi connectivity index (χ2v) is 4.44. The lowest BCUT2D eigenvalue weighted by Crippen LogP contribution is -2.59. The second-order valence-electron chi connectivity index (χ2n) is 4.44. The summed E-state index contributed by atoms with van der Waals surface area (Å²) >= 11 is 0. The van der Waals surface area contributed by atoms with E-state index in [4.69, 9.17) is 9.47 Å². The van der Waals surface area contributed by atoms with Crippen LogP contribution < -0.4 is 5.32 Å². The van der Waals surface area contributed by atoms with Crippen LogP contribution in [0.3, 0.4) is 0 Å². The molecule has 1 aliphatic rings. The van der Waals surface area contributed by atoms with Gasteiger partial charge in [-0.3, -0.25) is 0 Å². The van der Waals surface area contributed by atoms with Crippen LogP contribution in [-0.4, -0.2) is 31.9 Å². The van der Waals surface area contributed by atoms with E-state index in [9.17, 15) is 0 Å². The van der Waals surface area contributed by atoms with Gasteiger partial charge in [0, 0.05) is 13.2 Å². The van der Waals surface area contributed by atoms with Gasteiger partial charge in [-0.2, -0.15) is 0 Å². The Morgan fingerprint density at radius 1 is 1.29 bits per heavy atom. The molecule has 1 aromatic rings. The highest BCUT2D eigenvalue weighted by Crippen LogP contribution is 2.27. The first-order valence-corrected chi connectivity index (χ1v) is 6.27. The molecule has 17 heavy (non-hydrogen) atoms. The second kappa shape index (κ2) is 6.15. The standard InChI is InChI=1S/C14H21NO2/c1-3-15-12-9-13(14(12)16-2)17-10-11-7-5-4-6-8-11/h4-8,12-15H,3,9-10H2,1-2H3. The minimum Gasteiger partial charge on any atom is -0.377 e. The average molecular weight is 235 g/mol. The maximum atomic E-state index is 5.88. The summed E-state index contributed by atoms with van der Waals surface area (Å²) in [5, 5.41) is 3.41. The quantitative estimate of drug-likeness (QED) is 0.817. The fraction of sp³-hybridized carbons (Fsp3) is 0.571. The van der Waals surface area contributed by atoms with Crippen LogP contribution in [0, 0.1) is 0 Å². The lowest BCUT2D eigenvalue weighted by Gasteiger charge is -2.43. The normalized spacial score (nSPS) is 27.8. The van der Waals surface area contributed by atoms with Crippen molar-refractivity contribution in [3.8, 4) is 0 Å². The molecule has 3 unspecified atom stereocenters. The van der Waals surface area contributed by atoms with Crippen LogP contribution >= 0.6 is 0 Å². The minimum absolute atomic E-state index is 0.193. The van der Waals surface area contributed by atoms with Gasteiger partial charge in [0.05, 0.1) is 18.8 Å². The molecule has 3 nitrogen and oxygen atoms in total. The molecule has 0 saturated heterocycles. The molecule has 0 aromatic heterocycles. The molecule has 1 N–H and O–H groups in total. The first-order chi connectivity index (χ1) is 8.35. The summed E-state index contributed by atoms with van der Waals surface area (Å²) in [4.78, 5) is 0. The van der Waals surface area contributed by atoms with E-state index in [2.05, 4.69) is 24.4 Å². The van der Waals surface area contributed by atoms with Crippen molar-refractivity contribution in [1.82, 2.24) is 5.32 Å². The fourth-order valence-electron chi connectivity index (χ4n) is 2.30. The van der Waals surface area contributed by atoms with Crippen molar-refractivity contribution in [2.75, 3.05) is 13.7 Å². The largest absolute Gasteiger partial charge is 0.377 e. The van der Waals surface area contributed by atoms with Crippen molar-refractivity contribution >= 4 is 0 Å². The van der Waals surface area contributed by atoms with Crippen molar-refractivity contribution in [2.45, 2.75) is 38.2 Å². The van der Waals surface area contributed by atoms with Gasteiger partial charge in [0.2, 0.25) is 0 Å². The number of hydrogen-bond donors (Lipinski definition) is 1. The summed E-state index contributed by atoms with van der Waals surface area (Å²) in [7, 11) is 1.76. The molecule has 1 fully saturated rings. The molecule has 1 saturated carbocycles. The third kappa shape index (κ3) is 3.06. The predicted molar refractivity (Wildman–Crippen MR) is 67.9 cm³/mol. The van der Waals surface area contributed by atoms with E-state index in [1.807, 2.05) is 18.2 Å². The molecule has 3 heteroatoms. The van der Waals surface area contributed by atoms with E-state index < -0.39 is 0 Å². The van der Waals surface area contributed by atoms with Crippen molar-refractivity contribution in [2.24, 2.45) is 0 Å². The Morgan fingerprint density at radius 2 is 2.06 bits per heavy atom. The zero-order chi connectivity index (χ0) is 12.1. The van der Waals surface area contributed by atoms with E-state index in [1.54, 1.807) is 7.11 Å². The summed E-state index contributed by atoms with van der Waals surface area (Å²) < 4.78 is 11.3. The Kier molecular flexibility index (Phi) is 4.54. The van der Waals surface area contributed by atoms with E-state index >= 15 is 0 Å². The SMILES string of the molecule is CCNC1CC(OCc2ccccc2)C1OC. The highest BCUT2D eigenvalue weighted by molar-refractivity contribution is 5.13. The van der Waals surface area contributed by atoms with Gasteiger partial charge >= 0.3 is 0 Å².